The maximum atomic E-state index is 12.2. The first-order chi connectivity index (χ1) is 10.2. The second-order valence-corrected chi connectivity index (χ2v) is 4.67. The van der Waals surface area contributed by atoms with Crippen LogP contribution < -0.4 is 5.32 Å². The van der Waals surface area contributed by atoms with E-state index in [1.54, 1.807) is 35.4 Å². The van der Waals surface area contributed by atoms with Crippen LogP contribution in [-0.2, 0) is 0 Å². The Morgan fingerprint density at radius 1 is 1.29 bits per heavy atom. The van der Waals surface area contributed by atoms with Gasteiger partial charge in [-0.2, -0.15) is 5.10 Å². The number of hydrogen-bond acceptors (Lipinski definition) is 3. The van der Waals surface area contributed by atoms with Gasteiger partial charge in [0, 0.05) is 30.4 Å². The van der Waals surface area contributed by atoms with Crippen LogP contribution in [0.25, 0.3) is 5.69 Å². The van der Waals surface area contributed by atoms with E-state index in [2.05, 4.69) is 20.4 Å². The molecule has 0 aliphatic carbocycles. The summed E-state index contributed by atoms with van der Waals surface area (Å²) in [6, 6.07) is 8.96. The molecule has 1 unspecified atom stereocenters. The minimum atomic E-state index is -0.168. The number of amides is 1. The zero-order valence-corrected chi connectivity index (χ0v) is 11.5. The fourth-order valence-electron chi connectivity index (χ4n) is 2.05. The Hall–Kier alpha value is -2.89. The SMILES string of the molecule is CC(NC(=O)c1ccc(-n2cccn2)cc1)c1ncc[nH]1. The van der Waals surface area contributed by atoms with E-state index in [0.717, 1.165) is 11.5 Å². The van der Waals surface area contributed by atoms with Crippen molar-refractivity contribution in [2.45, 2.75) is 13.0 Å². The van der Waals surface area contributed by atoms with Crippen molar-refractivity contribution in [2.75, 3.05) is 0 Å². The van der Waals surface area contributed by atoms with Gasteiger partial charge in [-0.3, -0.25) is 4.79 Å². The summed E-state index contributed by atoms with van der Waals surface area (Å²) in [4.78, 5) is 19.3. The Labute approximate surface area is 121 Å². The van der Waals surface area contributed by atoms with Crippen molar-refractivity contribution >= 4 is 5.91 Å². The van der Waals surface area contributed by atoms with Crippen LogP contribution in [0.5, 0.6) is 0 Å². The van der Waals surface area contributed by atoms with Crippen LogP contribution in [0.4, 0.5) is 0 Å². The Kier molecular flexibility index (Phi) is 3.51. The van der Waals surface area contributed by atoms with Gasteiger partial charge in [-0.15, -0.1) is 0 Å². The lowest BCUT2D eigenvalue weighted by Gasteiger charge is -2.11. The number of nitrogens with one attached hydrogen (secondary N) is 2. The molecule has 21 heavy (non-hydrogen) atoms. The Morgan fingerprint density at radius 3 is 2.71 bits per heavy atom. The van der Waals surface area contributed by atoms with Gasteiger partial charge < -0.3 is 10.3 Å². The highest BCUT2D eigenvalue weighted by atomic mass is 16.1. The normalized spacial score (nSPS) is 12.0. The maximum Gasteiger partial charge on any atom is 0.251 e. The molecule has 0 aliphatic rings. The van der Waals surface area contributed by atoms with Gasteiger partial charge in [0.2, 0.25) is 0 Å². The monoisotopic (exact) mass is 281 g/mol. The highest BCUT2D eigenvalue weighted by Gasteiger charge is 2.12. The molecule has 0 radical (unpaired) electrons. The van der Waals surface area contributed by atoms with Crippen LogP contribution in [0.3, 0.4) is 0 Å². The third kappa shape index (κ3) is 2.84. The van der Waals surface area contributed by atoms with Gasteiger partial charge in [0.1, 0.15) is 5.82 Å². The van der Waals surface area contributed by atoms with Crippen molar-refractivity contribution in [1.82, 2.24) is 25.1 Å². The predicted molar refractivity (Wildman–Crippen MR) is 78.0 cm³/mol. The van der Waals surface area contributed by atoms with Crippen molar-refractivity contribution < 1.29 is 4.79 Å². The van der Waals surface area contributed by atoms with E-state index in [0.29, 0.717) is 5.56 Å². The largest absolute Gasteiger partial charge is 0.347 e. The summed E-state index contributed by atoms with van der Waals surface area (Å²) in [6.07, 6.45) is 6.97. The molecular formula is C15H15N5O. The van der Waals surface area contributed by atoms with E-state index >= 15 is 0 Å². The minimum absolute atomic E-state index is 0.133. The fourth-order valence-corrected chi connectivity index (χ4v) is 2.05. The van der Waals surface area contributed by atoms with Crippen molar-refractivity contribution in [1.29, 1.82) is 0 Å². The molecule has 6 nitrogen and oxygen atoms in total. The van der Waals surface area contributed by atoms with E-state index in [1.165, 1.54) is 0 Å². The third-order valence-corrected chi connectivity index (χ3v) is 3.18. The highest BCUT2D eigenvalue weighted by Crippen LogP contribution is 2.11. The molecule has 2 heterocycles. The fraction of sp³-hybridized carbons (Fsp3) is 0.133. The Balaban J connectivity index is 1.70. The zero-order valence-electron chi connectivity index (χ0n) is 11.5. The molecule has 106 valence electrons. The summed E-state index contributed by atoms with van der Waals surface area (Å²) < 4.78 is 1.74. The van der Waals surface area contributed by atoms with E-state index in [1.807, 2.05) is 31.3 Å². The van der Waals surface area contributed by atoms with E-state index in [9.17, 15) is 4.79 Å². The molecular weight excluding hydrogens is 266 g/mol. The Morgan fingerprint density at radius 2 is 2.10 bits per heavy atom. The van der Waals surface area contributed by atoms with E-state index in [-0.39, 0.29) is 11.9 Å². The van der Waals surface area contributed by atoms with Gasteiger partial charge in [0.15, 0.2) is 0 Å². The van der Waals surface area contributed by atoms with Crippen molar-refractivity contribution in [2.24, 2.45) is 0 Å². The molecule has 2 aromatic heterocycles. The summed E-state index contributed by atoms with van der Waals surface area (Å²) in [5, 5.41) is 7.04. The number of rotatable bonds is 4. The summed E-state index contributed by atoms with van der Waals surface area (Å²) in [5.74, 6) is 0.599. The summed E-state index contributed by atoms with van der Waals surface area (Å²) in [5.41, 5.74) is 1.51. The zero-order chi connectivity index (χ0) is 14.7. The first kappa shape index (κ1) is 13.1. The molecule has 0 bridgehead atoms. The lowest BCUT2D eigenvalue weighted by molar-refractivity contribution is 0.0938. The summed E-state index contributed by atoms with van der Waals surface area (Å²) >= 11 is 0. The average molecular weight is 281 g/mol. The van der Waals surface area contributed by atoms with Crippen LogP contribution in [0.2, 0.25) is 0 Å². The number of carbonyl (C=O) groups is 1. The van der Waals surface area contributed by atoms with Gasteiger partial charge in [0.05, 0.1) is 11.7 Å². The molecule has 2 N–H and O–H groups in total. The van der Waals surface area contributed by atoms with Crippen LogP contribution in [-0.4, -0.2) is 25.7 Å². The number of aromatic amines is 1. The van der Waals surface area contributed by atoms with Gasteiger partial charge in [-0.05, 0) is 37.3 Å². The second-order valence-electron chi connectivity index (χ2n) is 4.67. The molecule has 0 fully saturated rings. The van der Waals surface area contributed by atoms with Gasteiger partial charge in [0.25, 0.3) is 5.91 Å². The average Bonchev–Trinajstić information content (AvgIpc) is 3.20. The smallest absolute Gasteiger partial charge is 0.251 e. The van der Waals surface area contributed by atoms with Crippen LogP contribution >= 0.6 is 0 Å². The quantitative estimate of drug-likeness (QED) is 0.769. The van der Waals surface area contributed by atoms with Crippen molar-refractivity contribution in [3.05, 3.63) is 66.5 Å². The third-order valence-electron chi connectivity index (χ3n) is 3.18. The predicted octanol–water partition coefficient (Wildman–Crippen LogP) is 2.09. The van der Waals surface area contributed by atoms with Gasteiger partial charge in [-0.1, -0.05) is 0 Å². The number of aromatic nitrogens is 4. The molecule has 1 aromatic carbocycles. The molecule has 6 heteroatoms. The number of benzene rings is 1. The molecule has 0 spiro atoms. The Bertz CT molecular complexity index is 701. The topological polar surface area (TPSA) is 75.6 Å². The van der Waals surface area contributed by atoms with E-state index < -0.39 is 0 Å². The first-order valence-electron chi connectivity index (χ1n) is 6.64. The summed E-state index contributed by atoms with van der Waals surface area (Å²) in [6.45, 7) is 1.88. The maximum absolute atomic E-state index is 12.2. The lowest BCUT2D eigenvalue weighted by Crippen LogP contribution is -2.27. The highest BCUT2D eigenvalue weighted by molar-refractivity contribution is 5.94. The lowest BCUT2D eigenvalue weighted by atomic mass is 10.2. The van der Waals surface area contributed by atoms with Crippen LogP contribution in [0.15, 0.2) is 55.1 Å². The first-order valence-corrected chi connectivity index (χ1v) is 6.64. The van der Waals surface area contributed by atoms with E-state index in [4.69, 9.17) is 0 Å². The van der Waals surface area contributed by atoms with Crippen molar-refractivity contribution in [3.63, 3.8) is 0 Å². The molecule has 1 amide bonds. The molecule has 1 atom stereocenters. The second kappa shape index (κ2) is 5.62. The van der Waals surface area contributed by atoms with Crippen LogP contribution in [0.1, 0.15) is 29.1 Å². The number of hydrogen-bond donors (Lipinski definition) is 2. The summed E-state index contributed by atoms with van der Waals surface area (Å²) in [7, 11) is 0. The molecule has 0 saturated heterocycles. The number of carbonyl (C=O) groups excluding carboxylic acids is 1. The molecule has 3 aromatic rings. The molecule has 3 rings (SSSR count). The van der Waals surface area contributed by atoms with Gasteiger partial charge in [-0.25, -0.2) is 9.67 Å². The molecule has 0 aliphatic heterocycles. The number of H-pyrrole nitrogens is 1. The minimum Gasteiger partial charge on any atom is -0.347 e. The van der Waals surface area contributed by atoms with Crippen molar-refractivity contribution in [3.8, 4) is 5.69 Å². The molecule has 0 saturated carbocycles. The van der Waals surface area contributed by atoms with Crippen LogP contribution in [0, 0.1) is 0 Å². The number of nitrogens with zero attached hydrogens (tertiary/aromatic N) is 3. The van der Waals surface area contributed by atoms with Gasteiger partial charge >= 0.3 is 0 Å². The number of imidazole rings is 1. The standard InChI is InChI=1S/C15H15N5O/c1-11(14-16-8-9-17-14)19-15(21)12-3-5-13(6-4-12)20-10-2-7-18-20/h2-11H,1H3,(H,16,17)(H,19,21).